The van der Waals surface area contributed by atoms with Gasteiger partial charge in [-0.25, -0.2) is 0 Å². The Morgan fingerprint density at radius 3 is 2.69 bits per heavy atom. The Balaban J connectivity index is 3.45. The molecule has 0 heterocycles. The van der Waals surface area contributed by atoms with Crippen LogP contribution in [0.15, 0.2) is 0 Å². The summed E-state index contributed by atoms with van der Waals surface area (Å²) in [5.74, 6) is -0.927. The predicted molar refractivity (Wildman–Crippen MR) is 47.6 cm³/mol. The maximum Gasteiger partial charge on any atom is 0.320 e. The van der Waals surface area contributed by atoms with Crippen LogP contribution in [0.2, 0.25) is 0 Å². The van der Waals surface area contributed by atoms with Crippen LogP contribution in [-0.4, -0.2) is 48.1 Å². The van der Waals surface area contributed by atoms with Gasteiger partial charge in [0.15, 0.2) is 0 Å². The second-order valence-corrected chi connectivity index (χ2v) is 2.78. The summed E-state index contributed by atoms with van der Waals surface area (Å²) in [7, 11) is 0. The fourth-order valence-corrected chi connectivity index (χ4v) is 0.713. The topological polar surface area (TPSA) is 78.8 Å². The number of carboxylic acid groups (broad SMARTS) is 1. The van der Waals surface area contributed by atoms with Crippen LogP contribution in [0.3, 0.4) is 0 Å². The van der Waals surface area contributed by atoms with E-state index in [9.17, 15) is 9.90 Å². The van der Waals surface area contributed by atoms with Gasteiger partial charge in [-0.15, -0.1) is 0 Å². The van der Waals surface area contributed by atoms with E-state index in [0.717, 1.165) is 0 Å². The number of carboxylic acids is 1. The third-order valence-electron chi connectivity index (χ3n) is 1.54. The normalized spacial score (nSPS) is 15.3. The molecule has 0 aliphatic heterocycles. The van der Waals surface area contributed by atoms with Gasteiger partial charge in [0, 0.05) is 13.2 Å². The van der Waals surface area contributed by atoms with Crippen LogP contribution in [0, 0.1) is 0 Å². The minimum atomic E-state index is -0.927. The highest BCUT2D eigenvalue weighted by molar-refractivity contribution is 5.72. The Kier molecular flexibility index (Phi) is 6.48. The van der Waals surface area contributed by atoms with Gasteiger partial charge in [0.25, 0.3) is 0 Å². The largest absolute Gasteiger partial charge is 0.480 e. The first kappa shape index (κ1) is 12.3. The number of rotatable bonds is 7. The molecule has 0 radical (unpaired) electrons. The lowest BCUT2D eigenvalue weighted by atomic mass is 10.3. The predicted octanol–water partition coefficient (Wildman–Crippen LogP) is -0.553. The fraction of sp³-hybridized carbons (Fsp3) is 0.875. The number of aliphatic hydroxyl groups is 1. The number of hydrogen-bond acceptors (Lipinski definition) is 4. The summed E-state index contributed by atoms with van der Waals surface area (Å²) in [6.07, 6.45) is -0.651. The lowest BCUT2D eigenvalue weighted by molar-refractivity contribution is -0.139. The Bertz CT molecular complexity index is 151. The molecule has 78 valence electrons. The van der Waals surface area contributed by atoms with E-state index in [1.807, 2.05) is 6.92 Å². The van der Waals surface area contributed by atoms with E-state index in [1.54, 1.807) is 0 Å². The molecule has 0 amide bonds. The van der Waals surface area contributed by atoms with Gasteiger partial charge in [-0.05, 0) is 13.8 Å². The molecule has 2 atom stereocenters. The fourth-order valence-electron chi connectivity index (χ4n) is 0.713. The molecular formula is C8H17NO4. The lowest BCUT2D eigenvalue weighted by Crippen LogP contribution is -2.40. The summed E-state index contributed by atoms with van der Waals surface area (Å²) in [5, 5.41) is 20.4. The van der Waals surface area contributed by atoms with Gasteiger partial charge in [-0.2, -0.15) is 0 Å². The molecule has 2 unspecified atom stereocenters. The van der Waals surface area contributed by atoms with Crippen LogP contribution in [0.5, 0.6) is 0 Å². The zero-order valence-corrected chi connectivity index (χ0v) is 7.99. The molecule has 5 nitrogen and oxygen atoms in total. The summed E-state index contributed by atoms with van der Waals surface area (Å²) < 4.78 is 4.95. The quantitative estimate of drug-likeness (QED) is 0.503. The molecule has 0 saturated heterocycles. The molecule has 0 aromatic rings. The average molecular weight is 191 g/mol. The molecule has 3 N–H and O–H groups in total. The molecule has 0 aliphatic carbocycles. The van der Waals surface area contributed by atoms with Crippen LogP contribution >= 0.6 is 0 Å². The van der Waals surface area contributed by atoms with Crippen molar-refractivity contribution in [1.29, 1.82) is 0 Å². The Hall–Kier alpha value is -0.650. The number of hydrogen-bond donors (Lipinski definition) is 3. The van der Waals surface area contributed by atoms with Crippen LogP contribution in [0.25, 0.3) is 0 Å². The summed E-state index contributed by atoms with van der Waals surface area (Å²) >= 11 is 0. The first-order valence-electron chi connectivity index (χ1n) is 4.30. The number of nitrogens with one attached hydrogen (secondary N) is 1. The highest BCUT2D eigenvalue weighted by atomic mass is 16.5. The molecule has 0 aromatic carbocycles. The van der Waals surface area contributed by atoms with Crippen molar-refractivity contribution in [2.75, 3.05) is 19.8 Å². The standard InChI is InChI=1S/C8H17NO4/c1-3-13-5-7(10)4-9-6(2)8(11)12/h6-7,9-10H,3-5H2,1-2H3,(H,11,12). The summed E-state index contributed by atoms with van der Waals surface area (Å²) in [6.45, 7) is 4.37. The van der Waals surface area contributed by atoms with E-state index >= 15 is 0 Å². The number of aliphatic hydroxyl groups excluding tert-OH is 1. The van der Waals surface area contributed by atoms with E-state index < -0.39 is 18.1 Å². The van der Waals surface area contributed by atoms with E-state index in [0.29, 0.717) is 6.61 Å². The first-order valence-corrected chi connectivity index (χ1v) is 4.30. The molecule has 0 aromatic heterocycles. The van der Waals surface area contributed by atoms with E-state index in [4.69, 9.17) is 9.84 Å². The van der Waals surface area contributed by atoms with Crippen LogP contribution in [0.1, 0.15) is 13.8 Å². The van der Waals surface area contributed by atoms with Crippen molar-refractivity contribution in [2.45, 2.75) is 26.0 Å². The highest BCUT2D eigenvalue weighted by Crippen LogP contribution is 1.86. The minimum absolute atomic E-state index is 0.230. The van der Waals surface area contributed by atoms with Crippen molar-refractivity contribution in [3.05, 3.63) is 0 Å². The summed E-state index contributed by atoms with van der Waals surface area (Å²) in [5.41, 5.74) is 0. The highest BCUT2D eigenvalue weighted by Gasteiger charge is 2.11. The van der Waals surface area contributed by atoms with Crippen molar-refractivity contribution in [3.8, 4) is 0 Å². The number of carbonyl (C=O) groups is 1. The lowest BCUT2D eigenvalue weighted by Gasteiger charge is -2.13. The Morgan fingerprint density at radius 2 is 2.23 bits per heavy atom. The second-order valence-electron chi connectivity index (χ2n) is 2.78. The first-order chi connectivity index (χ1) is 6.07. The second kappa shape index (κ2) is 6.82. The van der Waals surface area contributed by atoms with Crippen LogP contribution in [0.4, 0.5) is 0 Å². The molecule has 0 rings (SSSR count). The summed E-state index contributed by atoms with van der Waals surface area (Å²) in [6, 6.07) is -0.642. The zero-order chi connectivity index (χ0) is 10.3. The van der Waals surface area contributed by atoms with Crippen molar-refractivity contribution in [1.82, 2.24) is 5.32 Å². The third-order valence-corrected chi connectivity index (χ3v) is 1.54. The van der Waals surface area contributed by atoms with Crippen LogP contribution < -0.4 is 5.32 Å². The smallest absolute Gasteiger partial charge is 0.320 e. The molecule has 0 fully saturated rings. The minimum Gasteiger partial charge on any atom is -0.480 e. The van der Waals surface area contributed by atoms with E-state index in [-0.39, 0.29) is 13.2 Å². The van der Waals surface area contributed by atoms with E-state index in [2.05, 4.69) is 5.32 Å². The Labute approximate surface area is 77.7 Å². The van der Waals surface area contributed by atoms with Gasteiger partial charge in [0.05, 0.1) is 12.7 Å². The molecule has 0 bridgehead atoms. The van der Waals surface area contributed by atoms with Gasteiger partial charge in [0.1, 0.15) is 6.04 Å². The van der Waals surface area contributed by atoms with E-state index in [1.165, 1.54) is 6.92 Å². The monoisotopic (exact) mass is 191 g/mol. The van der Waals surface area contributed by atoms with Crippen molar-refractivity contribution >= 4 is 5.97 Å². The zero-order valence-electron chi connectivity index (χ0n) is 7.99. The van der Waals surface area contributed by atoms with Crippen molar-refractivity contribution in [3.63, 3.8) is 0 Å². The van der Waals surface area contributed by atoms with Gasteiger partial charge in [-0.1, -0.05) is 0 Å². The van der Waals surface area contributed by atoms with Gasteiger partial charge < -0.3 is 20.3 Å². The molecule has 0 spiro atoms. The van der Waals surface area contributed by atoms with Gasteiger partial charge in [-0.3, -0.25) is 4.79 Å². The maximum absolute atomic E-state index is 10.4. The van der Waals surface area contributed by atoms with Crippen molar-refractivity contribution < 1.29 is 19.7 Å². The molecular weight excluding hydrogens is 174 g/mol. The third kappa shape index (κ3) is 6.51. The van der Waals surface area contributed by atoms with Gasteiger partial charge >= 0.3 is 5.97 Å². The molecule has 5 heteroatoms. The Morgan fingerprint density at radius 1 is 1.62 bits per heavy atom. The maximum atomic E-state index is 10.4. The average Bonchev–Trinajstić information content (AvgIpc) is 2.10. The molecule has 13 heavy (non-hydrogen) atoms. The number of aliphatic carboxylic acids is 1. The molecule has 0 aliphatic rings. The number of ether oxygens (including phenoxy) is 1. The molecule has 0 saturated carbocycles. The SMILES string of the molecule is CCOCC(O)CNC(C)C(=O)O. The van der Waals surface area contributed by atoms with Gasteiger partial charge in [0.2, 0.25) is 0 Å². The van der Waals surface area contributed by atoms with Crippen LogP contribution in [-0.2, 0) is 9.53 Å². The summed E-state index contributed by atoms with van der Waals surface area (Å²) in [4.78, 5) is 10.4. The van der Waals surface area contributed by atoms with Crippen molar-refractivity contribution in [2.24, 2.45) is 0 Å².